The molecule has 1 amide bonds. The average molecular weight is 472 g/mol. The highest BCUT2D eigenvalue weighted by atomic mass is 32.2. The first kappa shape index (κ1) is 23.7. The van der Waals surface area contributed by atoms with Gasteiger partial charge >= 0.3 is 0 Å². The number of rotatable bonds is 7. The summed E-state index contributed by atoms with van der Waals surface area (Å²) in [7, 11) is -3.50. The molecule has 2 aromatic carbocycles. The standard InChI is InChI=1S/C25H33N3O4S/c29-25(26-23-7-3-4-8-24(23)27-15-5-1-2-6-16-27)14-11-21-9-12-22(13-10-21)33(30,31)28-17-19-32-20-18-28/h3-4,7-10,12-13H,1-2,5-6,11,14-20H2,(H,26,29). The Morgan fingerprint density at radius 2 is 1.55 bits per heavy atom. The smallest absolute Gasteiger partial charge is 0.243 e. The number of nitrogens with zero attached hydrogens (tertiary/aromatic N) is 2. The third-order valence-corrected chi connectivity index (χ3v) is 8.21. The number of ether oxygens (including phenoxy) is 1. The largest absolute Gasteiger partial charge is 0.379 e. The van der Waals surface area contributed by atoms with Crippen LogP contribution in [0, 0.1) is 0 Å². The van der Waals surface area contributed by atoms with Crippen LogP contribution in [0.5, 0.6) is 0 Å². The highest BCUT2D eigenvalue weighted by Crippen LogP contribution is 2.28. The van der Waals surface area contributed by atoms with Crippen molar-refractivity contribution < 1.29 is 17.9 Å². The van der Waals surface area contributed by atoms with E-state index < -0.39 is 10.0 Å². The van der Waals surface area contributed by atoms with Crippen LogP contribution in [0.15, 0.2) is 53.4 Å². The Morgan fingerprint density at radius 3 is 2.24 bits per heavy atom. The van der Waals surface area contributed by atoms with Crippen LogP contribution < -0.4 is 10.2 Å². The molecule has 0 aliphatic carbocycles. The van der Waals surface area contributed by atoms with Gasteiger partial charge in [0.15, 0.2) is 0 Å². The summed E-state index contributed by atoms with van der Waals surface area (Å²) in [6, 6.07) is 14.9. The minimum atomic E-state index is -3.50. The summed E-state index contributed by atoms with van der Waals surface area (Å²) in [4.78, 5) is 15.3. The maximum atomic E-state index is 12.8. The molecule has 2 aromatic rings. The van der Waals surface area contributed by atoms with Crippen molar-refractivity contribution in [3.8, 4) is 0 Å². The molecule has 0 radical (unpaired) electrons. The Bertz CT molecular complexity index is 1030. The number of nitrogens with one attached hydrogen (secondary N) is 1. The number of carbonyl (C=O) groups excluding carboxylic acids is 1. The number of anilines is 2. The van der Waals surface area contributed by atoms with Crippen molar-refractivity contribution in [3.63, 3.8) is 0 Å². The number of hydrogen-bond donors (Lipinski definition) is 1. The number of hydrogen-bond acceptors (Lipinski definition) is 5. The van der Waals surface area contributed by atoms with Gasteiger partial charge in [-0.2, -0.15) is 4.31 Å². The van der Waals surface area contributed by atoms with Crippen LogP contribution in [0.4, 0.5) is 11.4 Å². The van der Waals surface area contributed by atoms with Crippen molar-refractivity contribution in [1.82, 2.24) is 4.31 Å². The van der Waals surface area contributed by atoms with E-state index in [9.17, 15) is 13.2 Å². The molecule has 4 rings (SSSR count). The van der Waals surface area contributed by atoms with Crippen LogP contribution in [0.25, 0.3) is 0 Å². The van der Waals surface area contributed by atoms with Gasteiger partial charge in [0.1, 0.15) is 0 Å². The first-order valence-electron chi connectivity index (χ1n) is 11.8. The van der Waals surface area contributed by atoms with Gasteiger partial charge in [-0.15, -0.1) is 0 Å². The summed E-state index contributed by atoms with van der Waals surface area (Å²) >= 11 is 0. The van der Waals surface area contributed by atoms with E-state index in [-0.39, 0.29) is 10.8 Å². The highest BCUT2D eigenvalue weighted by molar-refractivity contribution is 7.89. The highest BCUT2D eigenvalue weighted by Gasteiger charge is 2.26. The number of sulfonamides is 1. The summed E-state index contributed by atoms with van der Waals surface area (Å²) in [6.45, 7) is 3.64. The van der Waals surface area contributed by atoms with E-state index in [1.54, 1.807) is 24.3 Å². The summed E-state index contributed by atoms with van der Waals surface area (Å²) in [6.07, 6.45) is 5.77. The van der Waals surface area contributed by atoms with E-state index in [2.05, 4.69) is 16.3 Å². The second kappa shape index (κ2) is 11.1. The molecule has 1 N–H and O–H groups in total. The molecule has 2 aliphatic rings. The molecule has 2 aliphatic heterocycles. The third kappa shape index (κ3) is 6.13. The van der Waals surface area contributed by atoms with Gasteiger partial charge in [-0.05, 0) is 49.1 Å². The van der Waals surface area contributed by atoms with Crippen molar-refractivity contribution in [3.05, 3.63) is 54.1 Å². The van der Waals surface area contributed by atoms with Crippen molar-refractivity contribution >= 4 is 27.3 Å². The zero-order valence-corrected chi connectivity index (χ0v) is 19.9. The molecule has 0 bridgehead atoms. The van der Waals surface area contributed by atoms with E-state index in [1.807, 2.05) is 18.2 Å². The fraction of sp³-hybridized carbons (Fsp3) is 0.480. The molecule has 0 spiro atoms. The Hall–Kier alpha value is -2.42. The molecule has 33 heavy (non-hydrogen) atoms. The fourth-order valence-electron chi connectivity index (χ4n) is 4.40. The van der Waals surface area contributed by atoms with E-state index in [0.29, 0.717) is 39.1 Å². The summed E-state index contributed by atoms with van der Waals surface area (Å²) < 4.78 is 32.2. The Labute approximate surface area is 196 Å². The van der Waals surface area contributed by atoms with Crippen molar-refractivity contribution in [2.75, 3.05) is 49.6 Å². The van der Waals surface area contributed by atoms with Crippen molar-refractivity contribution in [1.29, 1.82) is 0 Å². The Morgan fingerprint density at radius 1 is 0.879 bits per heavy atom. The van der Waals surface area contributed by atoms with E-state index in [1.165, 1.54) is 30.0 Å². The molecule has 2 fully saturated rings. The van der Waals surface area contributed by atoms with Gasteiger partial charge in [0.25, 0.3) is 0 Å². The van der Waals surface area contributed by atoms with Crippen LogP contribution >= 0.6 is 0 Å². The zero-order valence-electron chi connectivity index (χ0n) is 19.0. The average Bonchev–Trinajstić information content (AvgIpc) is 3.13. The Kier molecular flexibility index (Phi) is 8.01. The third-order valence-electron chi connectivity index (χ3n) is 6.30. The fourth-order valence-corrected chi connectivity index (χ4v) is 5.81. The molecule has 0 aromatic heterocycles. The molecule has 2 saturated heterocycles. The summed E-state index contributed by atoms with van der Waals surface area (Å²) in [5, 5.41) is 3.08. The summed E-state index contributed by atoms with van der Waals surface area (Å²) in [5.74, 6) is -0.0395. The lowest BCUT2D eigenvalue weighted by Gasteiger charge is -2.26. The van der Waals surface area contributed by atoms with Crippen LogP contribution in [0.3, 0.4) is 0 Å². The second-order valence-electron chi connectivity index (χ2n) is 8.63. The van der Waals surface area contributed by atoms with Crippen LogP contribution in [0.1, 0.15) is 37.7 Å². The Balaban J connectivity index is 1.34. The van der Waals surface area contributed by atoms with Gasteiger partial charge in [-0.1, -0.05) is 37.1 Å². The van der Waals surface area contributed by atoms with Gasteiger partial charge in [0, 0.05) is 32.6 Å². The number of carbonyl (C=O) groups is 1. The second-order valence-corrected chi connectivity index (χ2v) is 10.6. The lowest BCUT2D eigenvalue weighted by Crippen LogP contribution is -2.40. The number of para-hydroxylation sites is 2. The van der Waals surface area contributed by atoms with Crippen molar-refractivity contribution in [2.24, 2.45) is 0 Å². The molecule has 2 heterocycles. The van der Waals surface area contributed by atoms with Crippen LogP contribution in [-0.4, -0.2) is 58.0 Å². The van der Waals surface area contributed by atoms with E-state index in [4.69, 9.17) is 4.74 Å². The number of benzene rings is 2. The maximum Gasteiger partial charge on any atom is 0.243 e. The van der Waals surface area contributed by atoms with E-state index in [0.717, 1.165) is 30.0 Å². The van der Waals surface area contributed by atoms with Crippen molar-refractivity contribution in [2.45, 2.75) is 43.4 Å². The molecule has 0 saturated carbocycles. The first-order valence-corrected chi connectivity index (χ1v) is 13.3. The normalized spacial score (nSPS) is 18.0. The quantitative estimate of drug-likeness (QED) is 0.667. The van der Waals surface area contributed by atoms with Crippen LogP contribution in [-0.2, 0) is 26.0 Å². The predicted octanol–water partition coefficient (Wildman–Crippen LogP) is 3.66. The molecule has 7 nitrogen and oxygen atoms in total. The van der Waals surface area contributed by atoms with Gasteiger partial charge in [-0.25, -0.2) is 8.42 Å². The SMILES string of the molecule is O=C(CCc1ccc(S(=O)(=O)N2CCOCC2)cc1)Nc1ccccc1N1CCCCCC1. The van der Waals surface area contributed by atoms with Gasteiger partial charge in [-0.3, -0.25) is 4.79 Å². The topological polar surface area (TPSA) is 79.0 Å². The van der Waals surface area contributed by atoms with Gasteiger partial charge in [0.05, 0.1) is 29.5 Å². The molecular weight excluding hydrogens is 438 g/mol. The maximum absolute atomic E-state index is 12.8. The molecule has 0 atom stereocenters. The molecule has 8 heteroatoms. The predicted molar refractivity (Wildman–Crippen MR) is 130 cm³/mol. The molecular formula is C25H33N3O4S. The molecule has 178 valence electrons. The number of morpholine rings is 1. The summed E-state index contributed by atoms with van der Waals surface area (Å²) in [5.41, 5.74) is 2.88. The first-order chi connectivity index (χ1) is 16.0. The van der Waals surface area contributed by atoms with E-state index >= 15 is 0 Å². The lowest BCUT2D eigenvalue weighted by molar-refractivity contribution is -0.116. The van der Waals surface area contributed by atoms with Gasteiger partial charge in [0.2, 0.25) is 15.9 Å². The number of aryl methyl sites for hydroxylation is 1. The minimum Gasteiger partial charge on any atom is -0.379 e. The monoisotopic (exact) mass is 471 g/mol. The lowest BCUT2D eigenvalue weighted by atomic mass is 10.1. The van der Waals surface area contributed by atoms with Crippen LogP contribution in [0.2, 0.25) is 0 Å². The van der Waals surface area contributed by atoms with Gasteiger partial charge < -0.3 is 15.0 Å². The number of amides is 1. The zero-order chi connectivity index (χ0) is 23.1. The molecule has 0 unspecified atom stereocenters. The minimum absolute atomic E-state index is 0.0395.